The number of carbonyl (C=O) groups is 1. The zero-order valence-electron chi connectivity index (χ0n) is 12.1. The number of nitrogens with zero attached hydrogens (tertiary/aromatic N) is 3. The number of amides is 1. The Morgan fingerprint density at radius 2 is 2.23 bits per heavy atom. The van der Waals surface area contributed by atoms with E-state index in [1.165, 1.54) is 6.20 Å². The standard InChI is InChI=1S/C15H18N4O3/c20-14(6-9-22-12-4-2-1-3-5-12)19-8-7-15(21,11-19)13-10-16-18-17-13/h1-5,10,21H,6-9,11H2,(H,16,17,18)/t15-/m0/s1. The molecule has 1 amide bonds. The van der Waals surface area contributed by atoms with Gasteiger partial charge in [0.25, 0.3) is 0 Å². The quantitative estimate of drug-likeness (QED) is 0.848. The lowest BCUT2D eigenvalue weighted by atomic mass is 10.0. The summed E-state index contributed by atoms with van der Waals surface area (Å²) in [4.78, 5) is 13.8. The van der Waals surface area contributed by atoms with E-state index in [9.17, 15) is 9.90 Å². The molecule has 1 aliphatic heterocycles. The predicted molar refractivity (Wildman–Crippen MR) is 78.0 cm³/mol. The van der Waals surface area contributed by atoms with E-state index in [1.54, 1.807) is 4.90 Å². The van der Waals surface area contributed by atoms with Crippen molar-refractivity contribution >= 4 is 5.91 Å². The first-order valence-electron chi connectivity index (χ1n) is 7.22. The van der Waals surface area contributed by atoms with Gasteiger partial charge in [0.05, 0.1) is 25.8 Å². The summed E-state index contributed by atoms with van der Waals surface area (Å²) in [5.74, 6) is 0.714. The molecule has 1 aromatic heterocycles. The predicted octanol–water partition coefficient (Wildman–Crippen LogP) is 0.694. The monoisotopic (exact) mass is 302 g/mol. The van der Waals surface area contributed by atoms with Gasteiger partial charge in [0.1, 0.15) is 17.0 Å². The lowest BCUT2D eigenvalue weighted by Gasteiger charge is -2.21. The molecule has 2 heterocycles. The largest absolute Gasteiger partial charge is 0.493 e. The van der Waals surface area contributed by atoms with Gasteiger partial charge in [0, 0.05) is 13.0 Å². The Bertz CT molecular complexity index is 617. The number of hydrogen-bond donors (Lipinski definition) is 2. The third-order valence-electron chi connectivity index (χ3n) is 3.82. The summed E-state index contributed by atoms with van der Waals surface area (Å²) in [5, 5.41) is 20.6. The molecule has 7 heteroatoms. The Kier molecular flexibility index (Phi) is 4.06. The number of aromatic amines is 1. The molecule has 0 radical (unpaired) electrons. The molecule has 3 rings (SSSR count). The van der Waals surface area contributed by atoms with Crippen LogP contribution in [0.1, 0.15) is 18.5 Å². The molecule has 2 aromatic rings. The van der Waals surface area contributed by atoms with Gasteiger partial charge in [-0.2, -0.15) is 15.4 Å². The van der Waals surface area contributed by atoms with Crippen LogP contribution in [0.2, 0.25) is 0 Å². The van der Waals surface area contributed by atoms with E-state index in [0.29, 0.717) is 25.3 Å². The normalized spacial score (nSPS) is 21.0. The van der Waals surface area contributed by atoms with E-state index in [-0.39, 0.29) is 18.9 Å². The fraction of sp³-hybridized carbons (Fsp3) is 0.400. The summed E-state index contributed by atoms with van der Waals surface area (Å²) in [5.41, 5.74) is -0.633. The highest BCUT2D eigenvalue weighted by molar-refractivity contribution is 5.76. The van der Waals surface area contributed by atoms with Crippen molar-refractivity contribution in [1.82, 2.24) is 20.3 Å². The van der Waals surface area contributed by atoms with E-state index in [1.807, 2.05) is 30.3 Å². The van der Waals surface area contributed by atoms with Crippen LogP contribution in [0.15, 0.2) is 36.5 Å². The summed E-state index contributed by atoms with van der Waals surface area (Å²) in [7, 11) is 0. The van der Waals surface area contributed by atoms with Crippen LogP contribution in [0.5, 0.6) is 5.75 Å². The minimum absolute atomic E-state index is 0.0321. The van der Waals surface area contributed by atoms with Crippen LogP contribution in [0, 0.1) is 0 Å². The van der Waals surface area contributed by atoms with E-state index >= 15 is 0 Å². The van der Waals surface area contributed by atoms with Crippen LogP contribution in [0.3, 0.4) is 0 Å². The number of β-amino-alcohol motifs (C(OH)–C–C–N with tert-alkyl or cyclic N) is 1. The van der Waals surface area contributed by atoms with Crippen LogP contribution >= 0.6 is 0 Å². The zero-order valence-corrected chi connectivity index (χ0v) is 12.1. The molecule has 116 valence electrons. The van der Waals surface area contributed by atoms with E-state index in [0.717, 1.165) is 5.75 Å². The van der Waals surface area contributed by atoms with Crippen molar-refractivity contribution in [2.75, 3.05) is 19.7 Å². The van der Waals surface area contributed by atoms with Crippen LogP contribution in [-0.2, 0) is 10.4 Å². The molecule has 1 aliphatic rings. The Hall–Kier alpha value is -2.41. The van der Waals surface area contributed by atoms with Gasteiger partial charge >= 0.3 is 0 Å². The fourth-order valence-electron chi connectivity index (χ4n) is 2.57. The van der Waals surface area contributed by atoms with Gasteiger partial charge in [-0.05, 0) is 12.1 Å². The van der Waals surface area contributed by atoms with Crippen molar-refractivity contribution in [3.05, 3.63) is 42.2 Å². The number of likely N-dealkylation sites (tertiary alicyclic amines) is 1. The maximum Gasteiger partial charge on any atom is 0.226 e. The number of ether oxygens (including phenoxy) is 1. The van der Waals surface area contributed by atoms with E-state index in [4.69, 9.17) is 4.74 Å². The number of hydrogen-bond acceptors (Lipinski definition) is 5. The molecule has 0 unspecified atom stereocenters. The van der Waals surface area contributed by atoms with Crippen molar-refractivity contribution in [3.63, 3.8) is 0 Å². The molecule has 7 nitrogen and oxygen atoms in total. The average molecular weight is 302 g/mol. The first kappa shape index (κ1) is 14.5. The van der Waals surface area contributed by atoms with Gasteiger partial charge in [0.2, 0.25) is 5.91 Å². The lowest BCUT2D eigenvalue weighted by Crippen LogP contribution is -2.35. The third-order valence-corrected chi connectivity index (χ3v) is 3.82. The molecule has 1 saturated heterocycles. The van der Waals surface area contributed by atoms with Crippen molar-refractivity contribution in [2.45, 2.75) is 18.4 Å². The van der Waals surface area contributed by atoms with Gasteiger partial charge in [-0.25, -0.2) is 0 Å². The van der Waals surface area contributed by atoms with Crippen molar-refractivity contribution in [2.24, 2.45) is 0 Å². The molecular formula is C15H18N4O3. The number of rotatable bonds is 5. The number of carbonyl (C=O) groups excluding carboxylic acids is 1. The Morgan fingerprint density at radius 3 is 2.95 bits per heavy atom. The average Bonchev–Trinajstić information content (AvgIpc) is 3.18. The molecule has 0 aliphatic carbocycles. The highest BCUT2D eigenvalue weighted by Crippen LogP contribution is 2.30. The fourth-order valence-corrected chi connectivity index (χ4v) is 2.57. The molecule has 1 atom stereocenters. The van der Waals surface area contributed by atoms with Crippen LogP contribution in [-0.4, -0.2) is 51.0 Å². The third kappa shape index (κ3) is 3.09. The number of aliphatic hydroxyl groups is 1. The second-order valence-corrected chi connectivity index (χ2v) is 5.36. The van der Waals surface area contributed by atoms with E-state index < -0.39 is 5.60 Å². The minimum Gasteiger partial charge on any atom is -0.493 e. The summed E-state index contributed by atoms with van der Waals surface area (Å²) >= 11 is 0. The van der Waals surface area contributed by atoms with Gasteiger partial charge in [-0.1, -0.05) is 18.2 Å². The molecule has 22 heavy (non-hydrogen) atoms. The Morgan fingerprint density at radius 1 is 1.41 bits per heavy atom. The number of aromatic nitrogens is 3. The maximum absolute atomic E-state index is 12.2. The summed E-state index contributed by atoms with van der Waals surface area (Å²) in [6, 6.07) is 9.38. The number of H-pyrrole nitrogens is 1. The molecule has 0 spiro atoms. The van der Waals surface area contributed by atoms with E-state index in [2.05, 4.69) is 15.4 Å². The van der Waals surface area contributed by atoms with Gasteiger partial charge in [-0.15, -0.1) is 0 Å². The number of para-hydroxylation sites is 1. The van der Waals surface area contributed by atoms with Crippen LogP contribution in [0.4, 0.5) is 0 Å². The molecule has 1 aromatic carbocycles. The van der Waals surface area contributed by atoms with Gasteiger partial charge in [-0.3, -0.25) is 4.79 Å². The lowest BCUT2D eigenvalue weighted by molar-refractivity contribution is -0.131. The zero-order chi connectivity index (χ0) is 15.4. The van der Waals surface area contributed by atoms with Gasteiger partial charge < -0.3 is 14.7 Å². The van der Waals surface area contributed by atoms with Crippen molar-refractivity contribution in [1.29, 1.82) is 0 Å². The Labute approximate surface area is 127 Å². The number of nitrogens with one attached hydrogen (secondary N) is 1. The van der Waals surface area contributed by atoms with Crippen molar-refractivity contribution in [3.8, 4) is 5.75 Å². The summed E-state index contributed by atoms with van der Waals surface area (Å²) in [6.45, 7) is 1.07. The number of benzene rings is 1. The molecular weight excluding hydrogens is 284 g/mol. The minimum atomic E-state index is -1.11. The first-order valence-corrected chi connectivity index (χ1v) is 7.22. The highest BCUT2D eigenvalue weighted by Gasteiger charge is 2.41. The second-order valence-electron chi connectivity index (χ2n) is 5.36. The first-order chi connectivity index (χ1) is 10.7. The van der Waals surface area contributed by atoms with Crippen molar-refractivity contribution < 1.29 is 14.6 Å². The van der Waals surface area contributed by atoms with Gasteiger partial charge in [0.15, 0.2) is 0 Å². The SMILES string of the molecule is O=C(CCOc1ccccc1)N1CC[C@@](O)(c2cn[nH]n2)C1. The molecule has 2 N–H and O–H groups in total. The molecule has 0 bridgehead atoms. The smallest absolute Gasteiger partial charge is 0.226 e. The summed E-state index contributed by atoms with van der Waals surface area (Å²) < 4.78 is 5.52. The topological polar surface area (TPSA) is 91.3 Å². The molecule has 0 saturated carbocycles. The molecule has 1 fully saturated rings. The highest BCUT2D eigenvalue weighted by atomic mass is 16.5. The Balaban J connectivity index is 1.49. The maximum atomic E-state index is 12.2. The second kappa shape index (κ2) is 6.15. The van der Waals surface area contributed by atoms with Crippen LogP contribution in [0.25, 0.3) is 0 Å². The van der Waals surface area contributed by atoms with Crippen LogP contribution < -0.4 is 4.74 Å². The summed E-state index contributed by atoms with van der Waals surface area (Å²) in [6.07, 6.45) is 2.24.